The number of nitrogens with one attached hydrogen (secondary N) is 1. The third-order valence-electron chi connectivity index (χ3n) is 5.47. The van der Waals surface area contributed by atoms with Gasteiger partial charge in [-0.2, -0.15) is 4.98 Å². The summed E-state index contributed by atoms with van der Waals surface area (Å²) in [5.74, 6) is 2.42. The molecule has 7 heteroatoms. The normalized spacial score (nSPS) is 17.9. The van der Waals surface area contributed by atoms with Gasteiger partial charge in [-0.1, -0.05) is 54.2 Å². The van der Waals surface area contributed by atoms with Crippen molar-refractivity contribution in [1.29, 1.82) is 0 Å². The highest BCUT2D eigenvalue weighted by molar-refractivity contribution is 7.98. The summed E-state index contributed by atoms with van der Waals surface area (Å²) in [7, 11) is 1.65. The molecule has 0 spiro atoms. The van der Waals surface area contributed by atoms with E-state index >= 15 is 0 Å². The Morgan fingerprint density at radius 2 is 2.03 bits per heavy atom. The van der Waals surface area contributed by atoms with E-state index in [1.54, 1.807) is 18.9 Å². The molecule has 0 radical (unpaired) electrons. The van der Waals surface area contributed by atoms with Crippen LogP contribution in [-0.2, 0) is 10.5 Å². The Bertz CT molecular complexity index is 1120. The number of benzene rings is 2. The molecule has 0 bridgehead atoms. The third kappa shape index (κ3) is 3.50. The van der Waals surface area contributed by atoms with Gasteiger partial charge < -0.3 is 10.1 Å². The lowest BCUT2D eigenvalue weighted by atomic mass is 9.85. The third-order valence-corrected chi connectivity index (χ3v) is 6.38. The van der Waals surface area contributed by atoms with Crippen molar-refractivity contribution < 1.29 is 9.53 Å². The maximum atomic E-state index is 12.9. The molecule has 3 aromatic rings. The SMILES string of the molecule is COc1cccc(C2C3=C(CCCC3=O)Nc3nc(SCc4ccccc4)nn32)c1. The van der Waals surface area contributed by atoms with Gasteiger partial charge in [-0.05, 0) is 36.1 Å². The predicted octanol–water partition coefficient (Wildman–Crippen LogP) is 4.60. The van der Waals surface area contributed by atoms with Crippen molar-refractivity contribution in [2.24, 2.45) is 0 Å². The molecule has 2 heterocycles. The van der Waals surface area contributed by atoms with Crippen LogP contribution in [0.4, 0.5) is 5.95 Å². The first kappa shape index (κ1) is 18.9. The Hall–Kier alpha value is -3.06. The largest absolute Gasteiger partial charge is 0.497 e. The summed E-state index contributed by atoms with van der Waals surface area (Å²) in [6, 6.07) is 17.8. The Morgan fingerprint density at radius 3 is 2.87 bits per heavy atom. The van der Waals surface area contributed by atoms with E-state index in [0.29, 0.717) is 17.5 Å². The van der Waals surface area contributed by atoms with Crippen LogP contribution < -0.4 is 10.1 Å². The standard InChI is InChI=1S/C23H22N4O2S/c1-29-17-10-5-9-16(13-17)21-20-18(11-6-12-19(20)28)24-22-25-23(26-27(21)22)30-14-15-7-3-2-4-8-15/h2-5,7-10,13,21H,6,11-12,14H2,1H3,(H,24,25,26). The molecule has 1 atom stereocenters. The van der Waals surface area contributed by atoms with E-state index in [0.717, 1.165) is 41.2 Å². The van der Waals surface area contributed by atoms with Crippen molar-refractivity contribution in [3.05, 3.63) is 77.0 Å². The molecule has 0 saturated heterocycles. The van der Waals surface area contributed by atoms with E-state index in [1.165, 1.54) is 5.56 Å². The van der Waals surface area contributed by atoms with E-state index in [1.807, 2.05) is 47.1 Å². The number of methoxy groups -OCH3 is 1. The highest BCUT2D eigenvalue weighted by Gasteiger charge is 2.37. The first-order valence-electron chi connectivity index (χ1n) is 10.0. The van der Waals surface area contributed by atoms with Crippen molar-refractivity contribution in [2.75, 3.05) is 12.4 Å². The van der Waals surface area contributed by atoms with Gasteiger partial charge in [0.25, 0.3) is 0 Å². The summed E-state index contributed by atoms with van der Waals surface area (Å²) < 4.78 is 7.27. The summed E-state index contributed by atoms with van der Waals surface area (Å²) in [5, 5.41) is 8.86. The first-order valence-corrected chi connectivity index (χ1v) is 11.0. The van der Waals surface area contributed by atoms with Crippen LogP contribution >= 0.6 is 11.8 Å². The molecule has 6 nitrogen and oxygen atoms in total. The minimum absolute atomic E-state index is 0.177. The first-order chi connectivity index (χ1) is 14.7. The van der Waals surface area contributed by atoms with Crippen LogP contribution in [0, 0.1) is 0 Å². The molecule has 0 amide bonds. The molecule has 0 saturated carbocycles. The fourth-order valence-corrected chi connectivity index (χ4v) is 4.82. The number of rotatable bonds is 5. The number of carbonyl (C=O) groups excluding carboxylic acids is 1. The molecule has 2 aromatic carbocycles. The molecule has 2 aliphatic rings. The molecular weight excluding hydrogens is 396 g/mol. The lowest BCUT2D eigenvalue weighted by Gasteiger charge is -2.32. The average Bonchev–Trinajstić information content (AvgIpc) is 3.19. The number of ether oxygens (including phenoxy) is 1. The number of fused-ring (bicyclic) bond motifs is 1. The molecule has 1 aromatic heterocycles. The summed E-state index contributed by atoms with van der Waals surface area (Å²) >= 11 is 1.59. The van der Waals surface area contributed by atoms with Gasteiger partial charge >= 0.3 is 0 Å². The molecule has 1 N–H and O–H groups in total. The second kappa shape index (κ2) is 7.99. The van der Waals surface area contributed by atoms with Crippen molar-refractivity contribution in [3.8, 4) is 5.75 Å². The van der Waals surface area contributed by atoms with Crippen LogP contribution in [0.25, 0.3) is 0 Å². The van der Waals surface area contributed by atoms with Gasteiger partial charge in [-0.25, -0.2) is 4.68 Å². The number of nitrogens with zero attached hydrogens (tertiary/aromatic N) is 3. The van der Waals surface area contributed by atoms with Crippen LogP contribution in [0.2, 0.25) is 0 Å². The molecule has 5 rings (SSSR count). The fraction of sp³-hybridized carbons (Fsp3) is 0.261. The second-order valence-corrected chi connectivity index (χ2v) is 8.35. The second-order valence-electron chi connectivity index (χ2n) is 7.41. The topological polar surface area (TPSA) is 69.0 Å². The van der Waals surface area contributed by atoms with Crippen molar-refractivity contribution in [1.82, 2.24) is 14.8 Å². The van der Waals surface area contributed by atoms with Crippen LogP contribution in [0.1, 0.15) is 36.4 Å². The lowest BCUT2D eigenvalue weighted by molar-refractivity contribution is -0.116. The zero-order valence-corrected chi connectivity index (χ0v) is 17.5. The van der Waals surface area contributed by atoms with Gasteiger partial charge in [0.15, 0.2) is 5.78 Å². The van der Waals surface area contributed by atoms with E-state index in [-0.39, 0.29) is 11.8 Å². The quantitative estimate of drug-likeness (QED) is 0.611. The molecule has 0 fully saturated rings. The average molecular weight is 419 g/mol. The molecule has 152 valence electrons. The number of carbonyl (C=O) groups is 1. The highest BCUT2D eigenvalue weighted by Crippen LogP contribution is 2.41. The monoisotopic (exact) mass is 418 g/mol. The zero-order valence-electron chi connectivity index (χ0n) is 16.7. The van der Waals surface area contributed by atoms with Crippen LogP contribution in [0.5, 0.6) is 5.75 Å². The lowest BCUT2D eigenvalue weighted by Crippen LogP contribution is -2.31. The predicted molar refractivity (Wildman–Crippen MR) is 117 cm³/mol. The van der Waals surface area contributed by atoms with Gasteiger partial charge in [0.1, 0.15) is 11.8 Å². The van der Waals surface area contributed by atoms with E-state index < -0.39 is 0 Å². The highest BCUT2D eigenvalue weighted by atomic mass is 32.2. The number of hydrogen-bond donors (Lipinski definition) is 1. The van der Waals surface area contributed by atoms with Crippen LogP contribution in [0.15, 0.2) is 71.0 Å². The van der Waals surface area contributed by atoms with Gasteiger partial charge in [0.05, 0.1) is 7.11 Å². The Kier molecular flexibility index (Phi) is 5.04. The molecular formula is C23H22N4O2S. The van der Waals surface area contributed by atoms with Crippen LogP contribution in [0.3, 0.4) is 0 Å². The summed E-state index contributed by atoms with van der Waals surface area (Å²) in [4.78, 5) is 17.6. The molecule has 30 heavy (non-hydrogen) atoms. The minimum Gasteiger partial charge on any atom is -0.497 e. The number of Topliss-reactive ketones (excluding diaryl/α,β-unsaturated/α-hetero) is 1. The zero-order chi connectivity index (χ0) is 20.5. The van der Waals surface area contributed by atoms with Crippen molar-refractivity contribution in [3.63, 3.8) is 0 Å². The Balaban J connectivity index is 1.53. The van der Waals surface area contributed by atoms with E-state index in [4.69, 9.17) is 14.8 Å². The number of aromatic nitrogens is 3. The molecule has 1 unspecified atom stereocenters. The number of anilines is 1. The van der Waals surface area contributed by atoms with Gasteiger partial charge in [-0.15, -0.1) is 5.10 Å². The summed E-state index contributed by atoms with van der Waals surface area (Å²) in [5.41, 5.74) is 3.97. The van der Waals surface area contributed by atoms with E-state index in [9.17, 15) is 4.79 Å². The molecule has 1 aliphatic carbocycles. The van der Waals surface area contributed by atoms with Gasteiger partial charge in [0.2, 0.25) is 11.1 Å². The molecule has 1 aliphatic heterocycles. The number of hydrogen-bond acceptors (Lipinski definition) is 6. The number of ketones is 1. The Morgan fingerprint density at radius 1 is 1.17 bits per heavy atom. The van der Waals surface area contributed by atoms with Crippen molar-refractivity contribution in [2.45, 2.75) is 36.2 Å². The van der Waals surface area contributed by atoms with Crippen molar-refractivity contribution >= 4 is 23.5 Å². The smallest absolute Gasteiger partial charge is 0.227 e. The number of thioether (sulfide) groups is 1. The fourth-order valence-electron chi connectivity index (χ4n) is 4.04. The Labute approximate surface area is 179 Å². The van der Waals surface area contributed by atoms with E-state index in [2.05, 4.69) is 17.4 Å². The van der Waals surface area contributed by atoms with Crippen LogP contribution in [-0.4, -0.2) is 27.7 Å². The summed E-state index contributed by atoms with van der Waals surface area (Å²) in [6.07, 6.45) is 2.28. The maximum Gasteiger partial charge on any atom is 0.227 e. The maximum absolute atomic E-state index is 12.9. The van der Waals surface area contributed by atoms with Gasteiger partial charge in [-0.3, -0.25) is 4.79 Å². The minimum atomic E-state index is -0.294. The van der Waals surface area contributed by atoms with Gasteiger partial charge in [0, 0.05) is 23.4 Å². The summed E-state index contributed by atoms with van der Waals surface area (Å²) in [6.45, 7) is 0. The number of allylic oxidation sites excluding steroid dienone is 2.